The molecular formula is C16H12Cl2N2O. The minimum atomic E-state index is -0.471. The third-order valence-corrected chi connectivity index (χ3v) is 3.80. The Morgan fingerprint density at radius 1 is 1.05 bits per heavy atom. The molecule has 0 radical (unpaired) electrons. The predicted molar refractivity (Wildman–Crippen MR) is 86.6 cm³/mol. The van der Waals surface area contributed by atoms with Crippen LogP contribution < -0.4 is 5.32 Å². The van der Waals surface area contributed by atoms with Crippen LogP contribution in [0.3, 0.4) is 0 Å². The Morgan fingerprint density at radius 3 is 2.43 bits per heavy atom. The molecule has 1 aliphatic heterocycles. The number of hydrogen-bond acceptors (Lipinski definition) is 2. The summed E-state index contributed by atoms with van der Waals surface area (Å²) in [6, 6.07) is 12.2. The van der Waals surface area contributed by atoms with Crippen molar-refractivity contribution in [3.8, 4) is 0 Å². The average molecular weight is 319 g/mol. The lowest BCUT2D eigenvalue weighted by Crippen LogP contribution is -2.22. The number of benzene rings is 2. The lowest BCUT2D eigenvalue weighted by molar-refractivity contribution is -0.116. The molecule has 3 nitrogen and oxygen atoms in total. The van der Waals surface area contributed by atoms with Crippen molar-refractivity contribution in [2.24, 2.45) is 4.99 Å². The quantitative estimate of drug-likeness (QED) is 0.842. The molecule has 1 N–H and O–H groups in total. The third kappa shape index (κ3) is 2.80. The Bertz CT molecular complexity index is 738. The van der Waals surface area contributed by atoms with Crippen molar-refractivity contribution in [3.05, 3.63) is 63.6 Å². The summed E-state index contributed by atoms with van der Waals surface area (Å²) < 4.78 is 0. The number of carbonyl (C=O) groups is 1. The Morgan fingerprint density at radius 2 is 1.71 bits per heavy atom. The topological polar surface area (TPSA) is 41.5 Å². The summed E-state index contributed by atoms with van der Waals surface area (Å²) in [6.07, 6.45) is 0. The number of amides is 1. The first-order chi connectivity index (χ1) is 10.0. The molecule has 1 atom stereocenters. The fourth-order valence-electron chi connectivity index (χ4n) is 2.22. The lowest BCUT2D eigenvalue weighted by Gasteiger charge is -2.10. The summed E-state index contributed by atoms with van der Waals surface area (Å²) in [5.41, 5.74) is 3.14. The zero-order valence-electron chi connectivity index (χ0n) is 11.2. The van der Waals surface area contributed by atoms with Gasteiger partial charge in [-0.1, -0.05) is 35.3 Å². The SMILES string of the molecule is CC1N=C(c2ccc(Cl)cc2)c2cc(Cl)ccc2NC1=O. The smallest absolute Gasteiger partial charge is 0.248 e. The van der Waals surface area contributed by atoms with Gasteiger partial charge in [0.1, 0.15) is 6.04 Å². The van der Waals surface area contributed by atoms with Crippen LogP contribution in [0.15, 0.2) is 47.5 Å². The first-order valence-corrected chi connectivity index (χ1v) is 7.25. The second kappa shape index (κ2) is 5.51. The van der Waals surface area contributed by atoms with Crippen molar-refractivity contribution in [3.63, 3.8) is 0 Å². The molecule has 106 valence electrons. The Balaban J connectivity index is 2.21. The van der Waals surface area contributed by atoms with E-state index in [1.165, 1.54) is 0 Å². The van der Waals surface area contributed by atoms with Crippen molar-refractivity contribution in [2.45, 2.75) is 13.0 Å². The summed E-state index contributed by atoms with van der Waals surface area (Å²) in [5, 5.41) is 4.12. The van der Waals surface area contributed by atoms with E-state index in [4.69, 9.17) is 23.2 Å². The van der Waals surface area contributed by atoms with Crippen molar-refractivity contribution in [1.29, 1.82) is 0 Å². The second-order valence-electron chi connectivity index (χ2n) is 4.84. The Kier molecular flexibility index (Phi) is 3.70. The van der Waals surface area contributed by atoms with Crippen LogP contribution in [0.4, 0.5) is 5.69 Å². The number of anilines is 1. The highest BCUT2D eigenvalue weighted by Gasteiger charge is 2.22. The number of hydrogen-bond donors (Lipinski definition) is 1. The fraction of sp³-hybridized carbons (Fsp3) is 0.125. The number of rotatable bonds is 1. The maximum Gasteiger partial charge on any atom is 0.248 e. The number of nitrogens with zero attached hydrogens (tertiary/aromatic N) is 1. The van der Waals surface area contributed by atoms with Crippen LogP contribution in [0.5, 0.6) is 0 Å². The second-order valence-corrected chi connectivity index (χ2v) is 5.71. The van der Waals surface area contributed by atoms with Gasteiger partial charge in [0, 0.05) is 21.2 Å². The molecule has 0 saturated heterocycles. The van der Waals surface area contributed by atoms with Crippen LogP contribution in [0, 0.1) is 0 Å². The van der Waals surface area contributed by atoms with Gasteiger partial charge >= 0.3 is 0 Å². The molecule has 0 bridgehead atoms. The number of fused-ring (bicyclic) bond motifs is 1. The van der Waals surface area contributed by atoms with Crippen molar-refractivity contribution in [1.82, 2.24) is 0 Å². The van der Waals surface area contributed by atoms with Crippen LogP contribution in [0.25, 0.3) is 0 Å². The zero-order chi connectivity index (χ0) is 15.0. The highest BCUT2D eigenvalue weighted by Crippen LogP contribution is 2.27. The molecular weight excluding hydrogens is 307 g/mol. The monoisotopic (exact) mass is 318 g/mol. The van der Waals surface area contributed by atoms with E-state index in [-0.39, 0.29) is 5.91 Å². The van der Waals surface area contributed by atoms with Gasteiger partial charge < -0.3 is 5.32 Å². The van der Waals surface area contributed by atoms with Gasteiger partial charge in [-0.15, -0.1) is 0 Å². The van der Waals surface area contributed by atoms with Gasteiger partial charge in [-0.3, -0.25) is 9.79 Å². The van der Waals surface area contributed by atoms with Gasteiger partial charge in [0.05, 0.1) is 11.4 Å². The molecule has 1 heterocycles. The van der Waals surface area contributed by atoms with E-state index in [1.807, 2.05) is 18.2 Å². The molecule has 1 amide bonds. The van der Waals surface area contributed by atoms with Gasteiger partial charge in [-0.25, -0.2) is 0 Å². The molecule has 0 spiro atoms. The van der Waals surface area contributed by atoms with E-state index >= 15 is 0 Å². The van der Waals surface area contributed by atoms with Gasteiger partial charge in [-0.2, -0.15) is 0 Å². The number of halogens is 2. The molecule has 21 heavy (non-hydrogen) atoms. The van der Waals surface area contributed by atoms with E-state index in [1.54, 1.807) is 31.2 Å². The maximum absolute atomic E-state index is 12.0. The van der Waals surface area contributed by atoms with Crippen LogP contribution in [-0.2, 0) is 4.79 Å². The summed E-state index contributed by atoms with van der Waals surface area (Å²) in [4.78, 5) is 16.6. The first kappa shape index (κ1) is 14.1. The summed E-state index contributed by atoms with van der Waals surface area (Å²) in [7, 11) is 0. The highest BCUT2D eigenvalue weighted by atomic mass is 35.5. The minimum Gasteiger partial charge on any atom is -0.324 e. The fourth-order valence-corrected chi connectivity index (χ4v) is 2.52. The first-order valence-electron chi connectivity index (χ1n) is 6.49. The summed E-state index contributed by atoms with van der Waals surface area (Å²) in [6.45, 7) is 1.76. The van der Waals surface area contributed by atoms with Gasteiger partial charge in [0.25, 0.3) is 0 Å². The van der Waals surface area contributed by atoms with Gasteiger partial charge in [0.15, 0.2) is 0 Å². The van der Waals surface area contributed by atoms with E-state index in [9.17, 15) is 4.79 Å². The predicted octanol–water partition coefficient (Wildman–Crippen LogP) is 4.17. The van der Waals surface area contributed by atoms with Crippen LogP contribution in [0.2, 0.25) is 10.0 Å². The normalized spacial score (nSPS) is 17.6. The molecule has 2 aromatic carbocycles. The standard InChI is InChI=1S/C16H12Cl2N2O/c1-9-16(21)20-14-7-6-12(18)8-13(14)15(19-9)10-2-4-11(17)5-3-10/h2-9H,1H3,(H,20,21). The van der Waals surface area contributed by atoms with E-state index in [0.717, 1.165) is 16.8 Å². The largest absolute Gasteiger partial charge is 0.324 e. The highest BCUT2D eigenvalue weighted by molar-refractivity contribution is 6.32. The number of carbonyl (C=O) groups excluding carboxylic acids is 1. The van der Waals surface area contributed by atoms with Gasteiger partial charge in [-0.05, 0) is 37.3 Å². The Labute approximate surface area is 132 Å². The molecule has 2 aromatic rings. The Hall–Kier alpha value is -1.84. The molecule has 3 rings (SSSR count). The number of benzodiazepines with no additional fused rings is 1. The average Bonchev–Trinajstić information content (AvgIpc) is 2.58. The van der Waals surface area contributed by atoms with Crippen molar-refractivity contribution in [2.75, 3.05) is 5.32 Å². The molecule has 5 heteroatoms. The minimum absolute atomic E-state index is 0.137. The summed E-state index contributed by atoms with van der Waals surface area (Å²) >= 11 is 12.0. The molecule has 1 unspecified atom stereocenters. The van der Waals surface area contributed by atoms with Crippen LogP contribution in [-0.4, -0.2) is 17.7 Å². The van der Waals surface area contributed by atoms with Crippen LogP contribution >= 0.6 is 23.2 Å². The van der Waals surface area contributed by atoms with Crippen molar-refractivity contribution >= 4 is 40.5 Å². The van der Waals surface area contributed by atoms with E-state index in [0.29, 0.717) is 15.7 Å². The third-order valence-electron chi connectivity index (χ3n) is 3.31. The lowest BCUT2D eigenvalue weighted by atomic mass is 10.0. The molecule has 0 aromatic heterocycles. The summed E-state index contributed by atoms with van der Waals surface area (Å²) in [5.74, 6) is -0.137. The number of nitrogens with one attached hydrogen (secondary N) is 1. The molecule has 1 aliphatic rings. The molecule has 0 aliphatic carbocycles. The van der Waals surface area contributed by atoms with Crippen molar-refractivity contribution < 1.29 is 4.79 Å². The van der Waals surface area contributed by atoms with Gasteiger partial charge in [0.2, 0.25) is 5.91 Å². The van der Waals surface area contributed by atoms with E-state index in [2.05, 4.69) is 10.3 Å². The molecule has 0 saturated carbocycles. The number of aliphatic imine (C=N–C) groups is 1. The van der Waals surface area contributed by atoms with E-state index < -0.39 is 6.04 Å². The molecule has 0 fully saturated rings. The van der Waals surface area contributed by atoms with Crippen LogP contribution in [0.1, 0.15) is 18.1 Å². The zero-order valence-corrected chi connectivity index (χ0v) is 12.7. The maximum atomic E-state index is 12.0.